The van der Waals surface area contributed by atoms with Crippen LogP contribution in [0, 0.1) is 11.6 Å². The second-order valence-corrected chi connectivity index (χ2v) is 4.96. The highest BCUT2D eigenvalue weighted by atomic mass is 19.2. The van der Waals surface area contributed by atoms with Crippen molar-refractivity contribution in [3.8, 4) is 0 Å². The SMILES string of the molecule is CCCNc1cc(C(C)C)nc2cc(F)c(F)cc12. The number of rotatable bonds is 4. The number of hydrogen-bond acceptors (Lipinski definition) is 2. The number of benzene rings is 1. The number of pyridine rings is 1. The van der Waals surface area contributed by atoms with Crippen molar-refractivity contribution in [1.82, 2.24) is 4.98 Å². The van der Waals surface area contributed by atoms with Gasteiger partial charge in [0.1, 0.15) is 0 Å². The fourth-order valence-electron chi connectivity index (χ4n) is 1.94. The Hall–Kier alpha value is -1.71. The number of halogens is 2. The zero-order valence-corrected chi connectivity index (χ0v) is 11.4. The molecular formula is C15H18F2N2. The smallest absolute Gasteiger partial charge is 0.161 e. The summed E-state index contributed by atoms with van der Waals surface area (Å²) in [5.41, 5.74) is 2.18. The Morgan fingerprint density at radius 2 is 1.84 bits per heavy atom. The first-order chi connectivity index (χ1) is 9.02. The summed E-state index contributed by atoms with van der Waals surface area (Å²) in [7, 11) is 0. The van der Waals surface area contributed by atoms with Crippen LogP contribution in [0.2, 0.25) is 0 Å². The zero-order chi connectivity index (χ0) is 14.0. The molecule has 2 aromatic rings. The molecular weight excluding hydrogens is 246 g/mol. The Morgan fingerprint density at radius 1 is 1.16 bits per heavy atom. The van der Waals surface area contributed by atoms with Gasteiger partial charge in [0.15, 0.2) is 11.6 Å². The molecule has 0 amide bonds. The zero-order valence-electron chi connectivity index (χ0n) is 11.4. The summed E-state index contributed by atoms with van der Waals surface area (Å²) < 4.78 is 26.7. The van der Waals surface area contributed by atoms with E-state index in [1.807, 2.05) is 19.9 Å². The monoisotopic (exact) mass is 264 g/mol. The standard InChI is InChI=1S/C15H18F2N2/c1-4-5-18-14-8-13(9(2)3)19-15-7-12(17)11(16)6-10(14)15/h6-9H,4-5H2,1-3H3,(H,18,19). The van der Waals surface area contributed by atoms with Crippen molar-refractivity contribution in [3.05, 3.63) is 35.5 Å². The molecule has 0 aliphatic carbocycles. The molecule has 2 rings (SSSR count). The summed E-state index contributed by atoms with van der Waals surface area (Å²) in [5.74, 6) is -1.46. The summed E-state index contributed by atoms with van der Waals surface area (Å²) >= 11 is 0. The molecule has 0 saturated carbocycles. The van der Waals surface area contributed by atoms with E-state index in [4.69, 9.17) is 0 Å². The van der Waals surface area contributed by atoms with Gasteiger partial charge in [-0.3, -0.25) is 4.98 Å². The highest BCUT2D eigenvalue weighted by Crippen LogP contribution is 2.28. The van der Waals surface area contributed by atoms with Crippen molar-refractivity contribution < 1.29 is 8.78 Å². The molecule has 0 aliphatic rings. The van der Waals surface area contributed by atoms with Gasteiger partial charge in [-0.15, -0.1) is 0 Å². The van der Waals surface area contributed by atoms with Crippen LogP contribution < -0.4 is 5.32 Å². The molecule has 102 valence electrons. The molecule has 1 N–H and O–H groups in total. The topological polar surface area (TPSA) is 24.9 Å². The predicted molar refractivity (Wildman–Crippen MR) is 74.5 cm³/mol. The van der Waals surface area contributed by atoms with Crippen LogP contribution in [0.5, 0.6) is 0 Å². The average molecular weight is 264 g/mol. The first-order valence-electron chi connectivity index (χ1n) is 6.56. The van der Waals surface area contributed by atoms with Crippen molar-refractivity contribution in [2.45, 2.75) is 33.1 Å². The van der Waals surface area contributed by atoms with Gasteiger partial charge < -0.3 is 5.32 Å². The fourth-order valence-corrected chi connectivity index (χ4v) is 1.94. The lowest BCUT2D eigenvalue weighted by atomic mass is 10.1. The van der Waals surface area contributed by atoms with Gasteiger partial charge in [0.05, 0.1) is 5.52 Å². The van der Waals surface area contributed by atoms with Crippen molar-refractivity contribution in [3.63, 3.8) is 0 Å². The molecule has 1 heterocycles. The molecule has 0 spiro atoms. The van der Waals surface area contributed by atoms with E-state index in [0.717, 1.165) is 30.4 Å². The number of hydrogen-bond donors (Lipinski definition) is 1. The van der Waals surface area contributed by atoms with E-state index in [-0.39, 0.29) is 5.92 Å². The lowest BCUT2D eigenvalue weighted by molar-refractivity contribution is 0.510. The van der Waals surface area contributed by atoms with E-state index < -0.39 is 11.6 Å². The van der Waals surface area contributed by atoms with Crippen LogP contribution in [-0.4, -0.2) is 11.5 Å². The molecule has 0 aliphatic heterocycles. The number of anilines is 1. The van der Waals surface area contributed by atoms with Gasteiger partial charge in [-0.1, -0.05) is 20.8 Å². The van der Waals surface area contributed by atoms with Crippen LogP contribution in [0.3, 0.4) is 0 Å². The van der Waals surface area contributed by atoms with Crippen LogP contribution in [0.1, 0.15) is 38.8 Å². The molecule has 0 fully saturated rings. The molecule has 0 bridgehead atoms. The van der Waals surface area contributed by atoms with E-state index in [1.54, 1.807) is 0 Å². The maximum atomic E-state index is 13.4. The van der Waals surface area contributed by atoms with Crippen molar-refractivity contribution >= 4 is 16.6 Å². The van der Waals surface area contributed by atoms with E-state index in [0.29, 0.717) is 10.9 Å². The fraction of sp³-hybridized carbons (Fsp3) is 0.400. The Balaban J connectivity index is 2.63. The van der Waals surface area contributed by atoms with Gasteiger partial charge in [0.25, 0.3) is 0 Å². The largest absolute Gasteiger partial charge is 0.384 e. The molecule has 0 unspecified atom stereocenters. The molecule has 1 aromatic carbocycles. The molecule has 2 nitrogen and oxygen atoms in total. The maximum Gasteiger partial charge on any atom is 0.161 e. The van der Waals surface area contributed by atoms with Crippen molar-refractivity contribution in [2.24, 2.45) is 0 Å². The van der Waals surface area contributed by atoms with E-state index in [1.165, 1.54) is 6.07 Å². The number of aromatic nitrogens is 1. The van der Waals surface area contributed by atoms with Gasteiger partial charge in [-0.05, 0) is 24.5 Å². The van der Waals surface area contributed by atoms with Crippen LogP contribution >= 0.6 is 0 Å². The predicted octanol–water partition coefficient (Wildman–Crippen LogP) is 4.46. The van der Waals surface area contributed by atoms with Gasteiger partial charge >= 0.3 is 0 Å². The lowest BCUT2D eigenvalue weighted by Gasteiger charge is -2.13. The lowest BCUT2D eigenvalue weighted by Crippen LogP contribution is -2.04. The quantitative estimate of drug-likeness (QED) is 0.882. The van der Waals surface area contributed by atoms with E-state index >= 15 is 0 Å². The molecule has 1 aromatic heterocycles. The number of fused-ring (bicyclic) bond motifs is 1. The molecule has 0 atom stereocenters. The summed E-state index contributed by atoms with van der Waals surface area (Å²) in [5, 5.41) is 3.87. The third kappa shape index (κ3) is 2.83. The third-order valence-corrected chi connectivity index (χ3v) is 3.03. The molecule has 4 heteroatoms. The van der Waals surface area contributed by atoms with Gasteiger partial charge in [0.2, 0.25) is 0 Å². The Bertz CT molecular complexity index is 594. The summed E-state index contributed by atoms with van der Waals surface area (Å²) in [6.07, 6.45) is 0.963. The summed E-state index contributed by atoms with van der Waals surface area (Å²) in [4.78, 5) is 4.40. The highest BCUT2D eigenvalue weighted by Gasteiger charge is 2.12. The van der Waals surface area contributed by atoms with E-state index in [9.17, 15) is 8.78 Å². The minimum absolute atomic E-state index is 0.236. The minimum atomic E-state index is -0.859. The van der Waals surface area contributed by atoms with Crippen LogP contribution in [0.4, 0.5) is 14.5 Å². The van der Waals surface area contributed by atoms with Crippen LogP contribution in [-0.2, 0) is 0 Å². The van der Waals surface area contributed by atoms with Crippen LogP contribution in [0.25, 0.3) is 10.9 Å². The third-order valence-electron chi connectivity index (χ3n) is 3.03. The van der Waals surface area contributed by atoms with Gasteiger partial charge in [0, 0.05) is 29.4 Å². The number of nitrogens with zero attached hydrogens (tertiary/aromatic N) is 1. The first kappa shape index (κ1) is 13.7. The normalized spacial score (nSPS) is 11.3. The van der Waals surface area contributed by atoms with Crippen LogP contribution in [0.15, 0.2) is 18.2 Å². The van der Waals surface area contributed by atoms with E-state index in [2.05, 4.69) is 17.2 Å². The molecule has 19 heavy (non-hydrogen) atoms. The summed E-state index contributed by atoms with van der Waals surface area (Å²) in [6.45, 7) is 6.89. The van der Waals surface area contributed by atoms with Crippen molar-refractivity contribution in [2.75, 3.05) is 11.9 Å². The number of nitrogens with one attached hydrogen (secondary N) is 1. The Kier molecular flexibility index (Phi) is 3.98. The van der Waals surface area contributed by atoms with Crippen molar-refractivity contribution in [1.29, 1.82) is 0 Å². The minimum Gasteiger partial charge on any atom is -0.384 e. The van der Waals surface area contributed by atoms with Gasteiger partial charge in [-0.2, -0.15) is 0 Å². The van der Waals surface area contributed by atoms with Gasteiger partial charge in [-0.25, -0.2) is 8.78 Å². The average Bonchev–Trinajstić information content (AvgIpc) is 2.37. The highest BCUT2D eigenvalue weighted by molar-refractivity contribution is 5.91. The first-order valence-corrected chi connectivity index (χ1v) is 6.56. The second-order valence-electron chi connectivity index (χ2n) is 4.96. The Labute approximate surface area is 111 Å². The second kappa shape index (κ2) is 5.51. The molecule has 0 saturated heterocycles. The Morgan fingerprint density at radius 3 is 2.47 bits per heavy atom. The molecule has 0 radical (unpaired) electrons. The maximum absolute atomic E-state index is 13.4. The summed E-state index contributed by atoms with van der Waals surface area (Å²) in [6, 6.07) is 4.29.